The van der Waals surface area contributed by atoms with E-state index in [1.54, 1.807) is 0 Å². The molecule has 0 saturated heterocycles. The molecule has 64 heavy (non-hydrogen) atoms. The molecule has 0 radical (unpaired) electrons. The van der Waals surface area contributed by atoms with Crippen molar-refractivity contribution in [3.8, 4) is 27.9 Å². The van der Waals surface area contributed by atoms with Crippen molar-refractivity contribution in [2.75, 3.05) is 0 Å². The zero-order valence-corrected chi connectivity index (χ0v) is 34.7. The zero-order valence-electron chi connectivity index (χ0n) is 34.7. The monoisotopic (exact) mass is 814 g/mol. The van der Waals surface area contributed by atoms with E-state index in [0.29, 0.717) is 0 Å². The average Bonchev–Trinajstić information content (AvgIpc) is 4.15. The fraction of sp³-hybridized carbons (Fsp3) is 0.0492. The normalized spacial score (nSPS) is 18.4. The van der Waals surface area contributed by atoms with Gasteiger partial charge < -0.3 is 13.6 Å². The average molecular weight is 815 g/mol. The topological polar surface area (TPSA) is 23.0 Å². The summed E-state index contributed by atoms with van der Waals surface area (Å²) in [5, 5.41) is 7.38. The van der Waals surface area contributed by atoms with Crippen LogP contribution in [0.4, 0.5) is 0 Å². The van der Waals surface area contributed by atoms with Crippen LogP contribution < -0.4 is 0 Å². The van der Waals surface area contributed by atoms with Crippen molar-refractivity contribution in [1.29, 1.82) is 0 Å². The Bertz CT molecular complexity index is 4040. The number of allylic oxidation sites excluding steroid dienone is 4. The molecule has 3 heterocycles. The molecule has 0 aliphatic heterocycles. The molecule has 1 spiro atoms. The first-order valence-corrected chi connectivity index (χ1v) is 22.4. The highest BCUT2D eigenvalue weighted by Gasteiger charge is 2.59. The molecule has 0 amide bonds. The predicted octanol–water partition coefficient (Wildman–Crippen LogP) is 15.6. The van der Waals surface area contributed by atoms with Crippen molar-refractivity contribution in [3.63, 3.8) is 0 Å². The minimum atomic E-state index is -0.414. The molecule has 3 unspecified atom stereocenters. The number of furan rings is 1. The molecular formula is C61H38N2O. The molecule has 0 fully saturated rings. The van der Waals surface area contributed by atoms with Gasteiger partial charge in [-0.2, -0.15) is 0 Å². The fourth-order valence-corrected chi connectivity index (χ4v) is 12.7. The Balaban J connectivity index is 1.00. The van der Waals surface area contributed by atoms with Crippen LogP contribution >= 0.6 is 0 Å². The van der Waals surface area contributed by atoms with Crippen LogP contribution in [0.25, 0.3) is 99.2 Å². The van der Waals surface area contributed by atoms with E-state index < -0.39 is 5.41 Å². The molecule has 3 aliphatic rings. The van der Waals surface area contributed by atoms with Gasteiger partial charge in [0.05, 0.1) is 27.5 Å². The first kappa shape index (κ1) is 34.4. The van der Waals surface area contributed by atoms with Gasteiger partial charge in [0.1, 0.15) is 11.2 Å². The van der Waals surface area contributed by atoms with E-state index >= 15 is 0 Å². The minimum Gasteiger partial charge on any atom is -0.456 e. The van der Waals surface area contributed by atoms with E-state index in [-0.39, 0.29) is 11.8 Å². The molecular weight excluding hydrogens is 777 g/mol. The number of hydrogen-bond acceptors (Lipinski definition) is 1. The SMILES string of the molecule is C1=CC2C(C(n3c4ccccc4c4ccc5c(c6ccccc6n5-c5ccccc5)c43)=C1)c1ccccc1C21c2ccccc2-c2c(-c3ccc4oc5ccccc5c4c3)cccc21. The molecule has 298 valence electrons. The maximum absolute atomic E-state index is 6.31. The molecule has 12 aromatic rings. The van der Waals surface area contributed by atoms with Crippen LogP contribution in [0.2, 0.25) is 0 Å². The van der Waals surface area contributed by atoms with Crippen molar-refractivity contribution in [3.05, 3.63) is 241 Å². The summed E-state index contributed by atoms with van der Waals surface area (Å²) in [5.41, 5.74) is 19.5. The predicted molar refractivity (Wildman–Crippen MR) is 264 cm³/mol. The van der Waals surface area contributed by atoms with Crippen LogP contribution in [0.1, 0.15) is 28.2 Å². The van der Waals surface area contributed by atoms with Gasteiger partial charge in [-0.15, -0.1) is 0 Å². The van der Waals surface area contributed by atoms with Crippen LogP contribution in [0, 0.1) is 5.92 Å². The van der Waals surface area contributed by atoms with Gasteiger partial charge in [0.2, 0.25) is 0 Å². The molecule has 9 aromatic carbocycles. The van der Waals surface area contributed by atoms with Crippen molar-refractivity contribution < 1.29 is 4.42 Å². The fourth-order valence-electron chi connectivity index (χ4n) is 12.7. The highest BCUT2D eigenvalue weighted by atomic mass is 16.3. The van der Waals surface area contributed by atoms with Gasteiger partial charge in [-0.3, -0.25) is 0 Å². The molecule has 3 heteroatoms. The zero-order chi connectivity index (χ0) is 41.7. The minimum absolute atomic E-state index is 0.0780. The second kappa shape index (κ2) is 12.5. The van der Waals surface area contributed by atoms with Gasteiger partial charge in [-0.05, 0) is 99.1 Å². The Morgan fingerprint density at radius 1 is 0.453 bits per heavy atom. The largest absolute Gasteiger partial charge is 0.456 e. The summed E-state index contributed by atoms with van der Waals surface area (Å²) in [4.78, 5) is 0. The van der Waals surface area contributed by atoms with E-state index in [2.05, 4.69) is 221 Å². The Morgan fingerprint density at radius 2 is 1.14 bits per heavy atom. The van der Waals surface area contributed by atoms with E-state index in [0.717, 1.165) is 21.9 Å². The maximum Gasteiger partial charge on any atom is 0.135 e. The Labute approximate surface area is 369 Å². The highest BCUT2D eigenvalue weighted by molar-refractivity contribution is 6.26. The Hall–Kier alpha value is -8.14. The summed E-state index contributed by atoms with van der Waals surface area (Å²) in [5.74, 6) is 0.193. The third kappa shape index (κ3) is 4.22. The van der Waals surface area contributed by atoms with E-state index in [1.165, 1.54) is 99.5 Å². The van der Waals surface area contributed by atoms with Crippen LogP contribution in [-0.4, -0.2) is 9.13 Å². The number of nitrogens with zero attached hydrogens (tertiary/aromatic N) is 2. The molecule has 15 rings (SSSR count). The lowest BCUT2D eigenvalue weighted by Gasteiger charge is -2.38. The number of hydrogen-bond donors (Lipinski definition) is 0. The first-order chi connectivity index (χ1) is 31.8. The Kier molecular flexibility index (Phi) is 6.72. The molecule has 3 nitrogen and oxygen atoms in total. The van der Waals surface area contributed by atoms with Gasteiger partial charge >= 0.3 is 0 Å². The van der Waals surface area contributed by atoms with E-state index in [9.17, 15) is 0 Å². The Morgan fingerprint density at radius 3 is 2.03 bits per heavy atom. The molecule has 3 atom stereocenters. The van der Waals surface area contributed by atoms with Gasteiger partial charge in [0.15, 0.2) is 0 Å². The third-order valence-electron chi connectivity index (χ3n) is 15.0. The van der Waals surface area contributed by atoms with Crippen molar-refractivity contribution >= 4 is 71.2 Å². The smallest absolute Gasteiger partial charge is 0.135 e. The lowest BCUT2D eigenvalue weighted by Crippen LogP contribution is -2.34. The number of aromatic nitrogens is 2. The van der Waals surface area contributed by atoms with Crippen molar-refractivity contribution in [2.45, 2.75) is 11.3 Å². The summed E-state index contributed by atoms with van der Waals surface area (Å²) in [7, 11) is 0. The quantitative estimate of drug-likeness (QED) is 0.174. The van der Waals surface area contributed by atoms with Gasteiger partial charge in [-0.25, -0.2) is 0 Å². The van der Waals surface area contributed by atoms with Crippen molar-refractivity contribution in [2.24, 2.45) is 5.92 Å². The third-order valence-corrected chi connectivity index (χ3v) is 15.0. The van der Waals surface area contributed by atoms with Crippen molar-refractivity contribution in [1.82, 2.24) is 9.13 Å². The molecule has 3 aromatic heterocycles. The molecule has 0 N–H and O–H groups in total. The highest BCUT2D eigenvalue weighted by Crippen LogP contribution is 2.68. The lowest BCUT2D eigenvalue weighted by atomic mass is 9.65. The summed E-state index contributed by atoms with van der Waals surface area (Å²) < 4.78 is 11.4. The van der Waals surface area contributed by atoms with Crippen LogP contribution in [0.3, 0.4) is 0 Å². The first-order valence-electron chi connectivity index (χ1n) is 22.4. The summed E-state index contributed by atoms with van der Waals surface area (Å²) >= 11 is 0. The summed E-state index contributed by atoms with van der Waals surface area (Å²) in [6, 6.07) is 74.3. The van der Waals surface area contributed by atoms with Gasteiger partial charge in [-0.1, -0.05) is 164 Å². The van der Waals surface area contributed by atoms with Crippen LogP contribution in [-0.2, 0) is 5.41 Å². The number of rotatable bonds is 3. The summed E-state index contributed by atoms with van der Waals surface area (Å²) in [6.07, 6.45) is 7.31. The van der Waals surface area contributed by atoms with E-state index in [4.69, 9.17) is 4.42 Å². The number of para-hydroxylation sites is 4. The maximum atomic E-state index is 6.31. The van der Waals surface area contributed by atoms with Crippen LogP contribution in [0.5, 0.6) is 0 Å². The van der Waals surface area contributed by atoms with Crippen LogP contribution in [0.15, 0.2) is 223 Å². The summed E-state index contributed by atoms with van der Waals surface area (Å²) in [6.45, 7) is 0. The standard InChI is InChI=1S/C61H38N2O/c1-2-16-38(17-3-1)62-52-29-12-7-22-45(52)59-54(62)34-33-42-40-18-6-11-28-51(40)63(60(42)59)53-30-15-27-50-58(53)44-21-5-10-25-48(44)61(50)47-24-9-4-20-43(47)57-39(23-14-26-49(57)61)37-32-35-56-46(36-37)41-19-8-13-31-55(41)64-56/h1-36,50,58H. The number of fused-ring (bicyclic) bond motifs is 20. The molecule has 3 aliphatic carbocycles. The van der Waals surface area contributed by atoms with Gasteiger partial charge in [0.25, 0.3) is 0 Å². The lowest BCUT2D eigenvalue weighted by molar-refractivity contribution is 0.466. The second-order valence-corrected chi connectivity index (χ2v) is 17.9. The number of benzene rings is 9. The second-order valence-electron chi connectivity index (χ2n) is 17.9. The van der Waals surface area contributed by atoms with Gasteiger partial charge in [0, 0.05) is 55.5 Å². The molecule has 0 bridgehead atoms. The molecule has 0 saturated carbocycles. The van der Waals surface area contributed by atoms with E-state index in [1.807, 2.05) is 6.07 Å².